The molecule has 1 saturated carbocycles. The summed E-state index contributed by atoms with van der Waals surface area (Å²) in [6.07, 6.45) is 5.01. The first-order valence-corrected chi connectivity index (χ1v) is 8.03. The molecule has 0 aromatic rings. The van der Waals surface area contributed by atoms with E-state index in [1.165, 1.54) is 19.3 Å². The van der Waals surface area contributed by atoms with Crippen LogP contribution in [-0.2, 0) is 4.79 Å². The van der Waals surface area contributed by atoms with Crippen LogP contribution in [0, 0.1) is 16.7 Å². The zero-order valence-electron chi connectivity index (χ0n) is 13.2. The van der Waals surface area contributed by atoms with Gasteiger partial charge in [0.25, 0.3) is 0 Å². The third kappa shape index (κ3) is 3.34. The van der Waals surface area contributed by atoms with Crippen LogP contribution in [0.1, 0.15) is 52.9 Å². The van der Waals surface area contributed by atoms with Gasteiger partial charge in [-0.1, -0.05) is 26.7 Å². The molecule has 1 aliphatic carbocycles. The summed E-state index contributed by atoms with van der Waals surface area (Å²) in [7, 11) is 0. The minimum Gasteiger partial charge on any atom is -0.393 e. The Hall–Kier alpha value is -0.610. The van der Waals surface area contributed by atoms with Crippen LogP contribution in [-0.4, -0.2) is 36.8 Å². The highest BCUT2D eigenvalue weighted by atomic mass is 16.3. The van der Waals surface area contributed by atoms with Gasteiger partial charge < -0.3 is 15.7 Å². The molecule has 0 bridgehead atoms. The van der Waals surface area contributed by atoms with E-state index in [2.05, 4.69) is 24.5 Å². The lowest BCUT2D eigenvalue weighted by Crippen LogP contribution is -2.50. The van der Waals surface area contributed by atoms with Gasteiger partial charge in [0.2, 0.25) is 5.91 Å². The Morgan fingerprint density at radius 2 is 2.25 bits per heavy atom. The number of amides is 1. The van der Waals surface area contributed by atoms with Crippen LogP contribution in [0.15, 0.2) is 0 Å². The second-order valence-corrected chi connectivity index (χ2v) is 7.63. The molecular weight excluding hydrogens is 252 g/mol. The molecule has 0 aromatic heterocycles. The van der Waals surface area contributed by atoms with E-state index in [1.807, 2.05) is 0 Å². The van der Waals surface area contributed by atoms with Crippen LogP contribution < -0.4 is 10.6 Å². The lowest BCUT2D eigenvalue weighted by molar-refractivity contribution is -0.134. The first kappa shape index (κ1) is 15.8. The molecule has 1 aliphatic heterocycles. The summed E-state index contributed by atoms with van der Waals surface area (Å²) in [6, 6.07) is 0. The van der Waals surface area contributed by atoms with Gasteiger partial charge in [-0.2, -0.15) is 0 Å². The fourth-order valence-electron chi connectivity index (χ4n) is 4.06. The zero-order valence-corrected chi connectivity index (χ0v) is 13.2. The molecule has 1 heterocycles. The highest BCUT2D eigenvalue weighted by molar-refractivity contribution is 5.83. The van der Waals surface area contributed by atoms with Crippen LogP contribution in [0.5, 0.6) is 0 Å². The number of carbonyl (C=O) groups is 1. The Kier molecular flexibility index (Phi) is 4.75. The maximum absolute atomic E-state index is 12.7. The van der Waals surface area contributed by atoms with E-state index in [-0.39, 0.29) is 22.8 Å². The van der Waals surface area contributed by atoms with Crippen molar-refractivity contribution in [3.63, 3.8) is 0 Å². The molecule has 1 unspecified atom stereocenters. The third-order valence-electron chi connectivity index (χ3n) is 5.07. The van der Waals surface area contributed by atoms with Gasteiger partial charge in [-0.3, -0.25) is 4.79 Å². The molecule has 2 fully saturated rings. The maximum atomic E-state index is 12.7. The monoisotopic (exact) mass is 282 g/mol. The van der Waals surface area contributed by atoms with Crippen LogP contribution >= 0.6 is 0 Å². The third-order valence-corrected chi connectivity index (χ3v) is 5.07. The Bertz CT molecular complexity index is 354. The second-order valence-electron chi connectivity index (χ2n) is 7.63. The highest BCUT2D eigenvalue weighted by Crippen LogP contribution is 2.44. The predicted molar refractivity (Wildman–Crippen MR) is 80.3 cm³/mol. The lowest BCUT2D eigenvalue weighted by Gasteiger charge is -2.38. The van der Waals surface area contributed by atoms with E-state index >= 15 is 0 Å². The molecule has 0 aromatic carbocycles. The average molecular weight is 282 g/mol. The van der Waals surface area contributed by atoms with Crippen LogP contribution in [0.4, 0.5) is 0 Å². The summed E-state index contributed by atoms with van der Waals surface area (Å²) in [5.41, 5.74) is -0.226. The fraction of sp³-hybridized carbons (Fsp3) is 0.938. The Labute approximate surface area is 122 Å². The number of fused-ring (bicyclic) bond motifs is 1. The van der Waals surface area contributed by atoms with Gasteiger partial charge in [0.05, 0.1) is 11.5 Å². The molecule has 3 atom stereocenters. The van der Waals surface area contributed by atoms with E-state index in [0.29, 0.717) is 18.9 Å². The molecule has 0 spiro atoms. The molecular formula is C16H30N2O2. The molecule has 2 rings (SSSR count). The Balaban J connectivity index is 1.94. The normalized spacial score (nSPS) is 31.7. The summed E-state index contributed by atoms with van der Waals surface area (Å²) in [4.78, 5) is 12.7. The molecule has 116 valence electrons. The van der Waals surface area contributed by atoms with Gasteiger partial charge in [-0.15, -0.1) is 0 Å². The van der Waals surface area contributed by atoms with E-state index in [1.54, 1.807) is 6.92 Å². The van der Waals surface area contributed by atoms with Crippen molar-refractivity contribution in [2.45, 2.75) is 59.0 Å². The smallest absolute Gasteiger partial charge is 0.227 e. The summed E-state index contributed by atoms with van der Waals surface area (Å²) >= 11 is 0. The van der Waals surface area contributed by atoms with Crippen molar-refractivity contribution < 1.29 is 9.90 Å². The standard InChI is InChI=1S/C16H30N2O2/c1-12(19)8-15(2,3)10-18-14(20)16-7-5-4-6-13(16)9-17-11-16/h12-13,17,19H,4-11H2,1-3H3,(H,18,20)/t12?,13-,16+/m0/s1. The van der Waals surface area contributed by atoms with Crippen molar-refractivity contribution in [2.24, 2.45) is 16.7 Å². The van der Waals surface area contributed by atoms with Crippen molar-refractivity contribution in [2.75, 3.05) is 19.6 Å². The molecule has 0 radical (unpaired) electrons. The first-order valence-electron chi connectivity index (χ1n) is 8.03. The minimum absolute atomic E-state index is 0.0589. The van der Waals surface area contributed by atoms with Crippen molar-refractivity contribution in [1.29, 1.82) is 0 Å². The number of nitrogens with one attached hydrogen (secondary N) is 2. The average Bonchev–Trinajstić information content (AvgIpc) is 2.79. The molecule has 1 amide bonds. The van der Waals surface area contributed by atoms with E-state index in [4.69, 9.17) is 0 Å². The minimum atomic E-state index is -0.323. The van der Waals surface area contributed by atoms with Gasteiger partial charge in [-0.25, -0.2) is 0 Å². The van der Waals surface area contributed by atoms with Crippen molar-refractivity contribution in [3.05, 3.63) is 0 Å². The second kappa shape index (κ2) is 6.02. The predicted octanol–water partition coefficient (Wildman–Crippen LogP) is 1.68. The van der Waals surface area contributed by atoms with Crippen molar-refractivity contribution >= 4 is 5.91 Å². The fourth-order valence-corrected chi connectivity index (χ4v) is 4.06. The zero-order chi connectivity index (χ0) is 14.8. The summed E-state index contributed by atoms with van der Waals surface area (Å²) < 4.78 is 0. The summed E-state index contributed by atoms with van der Waals surface area (Å²) in [6.45, 7) is 8.47. The quantitative estimate of drug-likeness (QED) is 0.719. The maximum Gasteiger partial charge on any atom is 0.227 e. The molecule has 3 N–H and O–H groups in total. The lowest BCUT2D eigenvalue weighted by atomic mass is 9.67. The summed E-state index contributed by atoms with van der Waals surface area (Å²) in [5, 5.41) is 16.1. The molecule has 1 saturated heterocycles. The van der Waals surface area contributed by atoms with Crippen LogP contribution in [0.2, 0.25) is 0 Å². The number of carbonyl (C=O) groups excluding carboxylic acids is 1. The summed E-state index contributed by atoms with van der Waals surface area (Å²) in [5.74, 6) is 0.738. The molecule has 20 heavy (non-hydrogen) atoms. The SMILES string of the molecule is CC(O)CC(C)(C)CNC(=O)[C@@]12CCCC[C@H]1CNC2. The van der Waals surface area contributed by atoms with Crippen LogP contribution in [0.25, 0.3) is 0 Å². The van der Waals surface area contributed by atoms with Gasteiger partial charge in [-0.05, 0) is 44.1 Å². The van der Waals surface area contributed by atoms with Crippen molar-refractivity contribution in [3.8, 4) is 0 Å². The van der Waals surface area contributed by atoms with Gasteiger partial charge in [0, 0.05) is 13.1 Å². The number of aliphatic hydroxyl groups is 1. The largest absolute Gasteiger partial charge is 0.393 e. The highest BCUT2D eigenvalue weighted by Gasteiger charge is 2.49. The number of hydrogen-bond acceptors (Lipinski definition) is 3. The molecule has 2 aliphatic rings. The first-order chi connectivity index (χ1) is 9.36. The van der Waals surface area contributed by atoms with Gasteiger partial charge in [0.1, 0.15) is 0 Å². The molecule has 4 heteroatoms. The topological polar surface area (TPSA) is 61.4 Å². The van der Waals surface area contributed by atoms with Crippen LogP contribution in [0.3, 0.4) is 0 Å². The molecule has 4 nitrogen and oxygen atoms in total. The van der Waals surface area contributed by atoms with E-state index < -0.39 is 0 Å². The van der Waals surface area contributed by atoms with Gasteiger partial charge >= 0.3 is 0 Å². The van der Waals surface area contributed by atoms with Crippen molar-refractivity contribution in [1.82, 2.24) is 10.6 Å². The Morgan fingerprint density at radius 3 is 2.95 bits per heavy atom. The number of rotatable bonds is 5. The number of aliphatic hydroxyl groups excluding tert-OH is 1. The van der Waals surface area contributed by atoms with E-state index in [9.17, 15) is 9.90 Å². The number of hydrogen-bond donors (Lipinski definition) is 3. The Morgan fingerprint density at radius 1 is 1.50 bits per heavy atom. The van der Waals surface area contributed by atoms with E-state index in [0.717, 1.165) is 19.5 Å². The van der Waals surface area contributed by atoms with Gasteiger partial charge in [0.15, 0.2) is 0 Å².